The average Bonchev–Trinajstić information content (AvgIpc) is 2.39. The van der Waals surface area contributed by atoms with Gasteiger partial charge in [-0.25, -0.2) is 8.42 Å². The fraction of sp³-hybridized carbons (Fsp3) is 0.500. The molecule has 0 bridgehead atoms. The van der Waals surface area contributed by atoms with E-state index in [9.17, 15) is 13.5 Å². The number of hydrogen-bond donors (Lipinski definition) is 1. The highest BCUT2D eigenvalue weighted by atomic mass is 35.5. The third-order valence-corrected chi connectivity index (χ3v) is 6.67. The van der Waals surface area contributed by atoms with E-state index in [0.717, 1.165) is 11.5 Å². The van der Waals surface area contributed by atoms with Crippen molar-refractivity contribution in [2.45, 2.75) is 24.5 Å². The highest BCUT2D eigenvalue weighted by molar-refractivity contribution is 7.99. The first kappa shape index (κ1) is 15.1. The Morgan fingerprint density at radius 3 is 2.89 bits per heavy atom. The average molecular weight is 322 g/mol. The van der Waals surface area contributed by atoms with Crippen LogP contribution in [0.2, 0.25) is 5.02 Å². The van der Waals surface area contributed by atoms with Gasteiger partial charge in [0.15, 0.2) is 0 Å². The molecule has 1 aliphatic heterocycles. The molecule has 1 N–H and O–H groups in total. The van der Waals surface area contributed by atoms with E-state index in [-0.39, 0.29) is 17.5 Å². The largest absolute Gasteiger partial charge is 0.392 e. The highest BCUT2D eigenvalue weighted by Crippen LogP contribution is 2.27. The lowest BCUT2D eigenvalue weighted by Crippen LogP contribution is -2.44. The van der Waals surface area contributed by atoms with Crippen LogP contribution in [0, 0.1) is 0 Å². The van der Waals surface area contributed by atoms with Gasteiger partial charge in [0.25, 0.3) is 0 Å². The smallest absolute Gasteiger partial charge is 0.243 e. The summed E-state index contributed by atoms with van der Waals surface area (Å²) in [5, 5.41) is 9.55. The molecule has 0 aliphatic carbocycles. The summed E-state index contributed by atoms with van der Waals surface area (Å²) < 4.78 is 26.7. The van der Waals surface area contributed by atoms with Crippen molar-refractivity contribution in [3.05, 3.63) is 28.8 Å². The number of halogens is 1. The molecule has 1 unspecified atom stereocenters. The highest BCUT2D eigenvalue weighted by Gasteiger charge is 2.31. The molecular weight excluding hydrogens is 306 g/mol. The van der Waals surface area contributed by atoms with Crippen LogP contribution in [0.25, 0.3) is 0 Å². The van der Waals surface area contributed by atoms with Crippen molar-refractivity contribution in [1.82, 2.24) is 4.31 Å². The molecule has 1 fully saturated rings. The molecule has 0 radical (unpaired) electrons. The van der Waals surface area contributed by atoms with Crippen LogP contribution < -0.4 is 0 Å². The SMILES string of the molecule is CC1CSCCN1S(=O)(=O)c1ccc(Cl)c(CO)c1. The fourth-order valence-corrected chi connectivity index (χ4v) is 5.12. The second kappa shape index (κ2) is 6.01. The Bertz CT molecular complexity index is 562. The van der Waals surface area contributed by atoms with Crippen LogP contribution in [-0.2, 0) is 16.6 Å². The maximum atomic E-state index is 12.6. The van der Waals surface area contributed by atoms with E-state index >= 15 is 0 Å². The predicted octanol–water partition coefficient (Wildman–Crippen LogP) is 1.96. The Hall–Kier alpha value is -0.270. The first-order valence-electron chi connectivity index (χ1n) is 5.95. The normalized spacial score (nSPS) is 21.5. The van der Waals surface area contributed by atoms with E-state index < -0.39 is 10.0 Å². The summed E-state index contributed by atoms with van der Waals surface area (Å²) in [6.45, 7) is 2.16. The summed E-state index contributed by atoms with van der Waals surface area (Å²) in [6, 6.07) is 4.44. The lowest BCUT2D eigenvalue weighted by Gasteiger charge is -2.32. The zero-order valence-corrected chi connectivity index (χ0v) is 12.9. The molecule has 106 valence electrons. The Morgan fingerprint density at radius 1 is 1.53 bits per heavy atom. The molecule has 1 aromatic rings. The number of nitrogens with zero attached hydrogens (tertiary/aromatic N) is 1. The van der Waals surface area contributed by atoms with Gasteiger partial charge in [-0.3, -0.25) is 0 Å². The van der Waals surface area contributed by atoms with Crippen molar-refractivity contribution in [3.8, 4) is 0 Å². The van der Waals surface area contributed by atoms with Crippen LogP contribution in [0.5, 0.6) is 0 Å². The second-order valence-corrected chi connectivity index (χ2v) is 7.90. The van der Waals surface area contributed by atoms with Gasteiger partial charge < -0.3 is 5.11 Å². The lowest BCUT2D eigenvalue weighted by atomic mass is 10.2. The summed E-state index contributed by atoms with van der Waals surface area (Å²) >= 11 is 7.65. The monoisotopic (exact) mass is 321 g/mol. The van der Waals surface area contributed by atoms with Gasteiger partial charge in [-0.15, -0.1) is 0 Å². The van der Waals surface area contributed by atoms with Crippen LogP contribution in [0.4, 0.5) is 0 Å². The molecule has 2 rings (SSSR count). The second-order valence-electron chi connectivity index (χ2n) is 4.45. The van der Waals surface area contributed by atoms with E-state index in [2.05, 4.69) is 0 Å². The number of aliphatic hydroxyl groups is 1. The lowest BCUT2D eigenvalue weighted by molar-refractivity contribution is 0.281. The van der Waals surface area contributed by atoms with Crippen molar-refractivity contribution in [2.75, 3.05) is 18.1 Å². The maximum Gasteiger partial charge on any atom is 0.243 e. The number of sulfonamides is 1. The quantitative estimate of drug-likeness (QED) is 0.924. The molecule has 0 saturated carbocycles. The molecule has 7 heteroatoms. The van der Waals surface area contributed by atoms with E-state index in [1.807, 2.05) is 6.92 Å². The number of thioether (sulfide) groups is 1. The fourth-order valence-electron chi connectivity index (χ4n) is 2.04. The number of aliphatic hydroxyl groups excluding tert-OH is 1. The third kappa shape index (κ3) is 3.08. The molecule has 0 amide bonds. The zero-order valence-electron chi connectivity index (χ0n) is 10.5. The molecule has 1 atom stereocenters. The van der Waals surface area contributed by atoms with Gasteiger partial charge in [0.1, 0.15) is 0 Å². The molecule has 19 heavy (non-hydrogen) atoms. The Labute approximate surface area is 122 Å². The summed E-state index contributed by atoms with van der Waals surface area (Å²) in [5.74, 6) is 1.61. The van der Waals surface area contributed by atoms with Gasteiger partial charge >= 0.3 is 0 Å². The molecule has 1 heterocycles. The minimum atomic E-state index is -3.51. The summed E-state index contributed by atoms with van der Waals surface area (Å²) in [7, 11) is -3.51. The number of hydrogen-bond acceptors (Lipinski definition) is 4. The van der Waals surface area contributed by atoms with Crippen molar-refractivity contribution >= 4 is 33.4 Å². The molecular formula is C12H16ClNO3S2. The molecule has 0 aromatic heterocycles. The van der Waals surface area contributed by atoms with Gasteiger partial charge in [0, 0.05) is 29.1 Å². The Morgan fingerprint density at radius 2 is 2.26 bits per heavy atom. The summed E-state index contributed by atoms with van der Waals surface area (Å²) in [4.78, 5) is 0.194. The van der Waals surface area contributed by atoms with Crippen molar-refractivity contribution < 1.29 is 13.5 Å². The predicted molar refractivity (Wildman–Crippen MR) is 78.1 cm³/mol. The van der Waals surface area contributed by atoms with E-state index in [1.165, 1.54) is 22.5 Å². The van der Waals surface area contributed by atoms with Gasteiger partial charge in [-0.2, -0.15) is 16.1 Å². The Balaban J connectivity index is 2.38. The van der Waals surface area contributed by atoms with Crippen molar-refractivity contribution in [3.63, 3.8) is 0 Å². The minimum Gasteiger partial charge on any atom is -0.392 e. The zero-order chi connectivity index (χ0) is 14.0. The van der Waals surface area contributed by atoms with Crippen LogP contribution >= 0.6 is 23.4 Å². The van der Waals surface area contributed by atoms with Gasteiger partial charge in [0.2, 0.25) is 10.0 Å². The van der Waals surface area contributed by atoms with E-state index in [0.29, 0.717) is 17.1 Å². The number of rotatable bonds is 3. The third-order valence-electron chi connectivity index (χ3n) is 3.10. The van der Waals surface area contributed by atoms with Crippen molar-refractivity contribution in [1.29, 1.82) is 0 Å². The summed E-state index contributed by atoms with van der Waals surface area (Å²) in [5.41, 5.74) is 0.432. The molecule has 4 nitrogen and oxygen atoms in total. The van der Waals surface area contributed by atoms with Gasteiger partial charge in [-0.1, -0.05) is 11.6 Å². The molecule has 1 aromatic carbocycles. The molecule has 0 spiro atoms. The number of benzene rings is 1. The standard InChI is InChI=1S/C12H16ClNO3S2/c1-9-8-18-5-4-14(9)19(16,17)11-2-3-12(13)10(6-11)7-15/h2-3,6,9,15H,4-5,7-8H2,1H3. The first-order valence-corrected chi connectivity index (χ1v) is 8.93. The van der Waals surface area contributed by atoms with Crippen molar-refractivity contribution in [2.24, 2.45) is 0 Å². The molecule has 1 saturated heterocycles. The van der Waals surface area contributed by atoms with Crippen LogP contribution in [0.15, 0.2) is 23.1 Å². The van der Waals surface area contributed by atoms with E-state index in [1.54, 1.807) is 11.8 Å². The maximum absolute atomic E-state index is 12.6. The molecule has 1 aliphatic rings. The van der Waals surface area contributed by atoms with Crippen LogP contribution in [0.1, 0.15) is 12.5 Å². The van der Waals surface area contributed by atoms with Gasteiger partial charge in [-0.05, 0) is 30.7 Å². The van der Waals surface area contributed by atoms with Gasteiger partial charge in [0.05, 0.1) is 11.5 Å². The Kier molecular flexibility index (Phi) is 4.79. The minimum absolute atomic E-state index is 0.0167. The first-order chi connectivity index (χ1) is 8.96. The van der Waals surface area contributed by atoms with E-state index in [4.69, 9.17) is 11.6 Å². The summed E-state index contributed by atoms with van der Waals surface area (Å²) in [6.07, 6.45) is 0. The van der Waals surface area contributed by atoms with Crippen LogP contribution in [0.3, 0.4) is 0 Å². The van der Waals surface area contributed by atoms with Crippen LogP contribution in [-0.4, -0.2) is 41.9 Å². The topological polar surface area (TPSA) is 57.6 Å².